The Morgan fingerprint density at radius 1 is 1.17 bits per heavy atom. The van der Waals surface area contributed by atoms with Crippen LogP contribution in [0.4, 0.5) is 0 Å². The van der Waals surface area contributed by atoms with Gasteiger partial charge in [-0.25, -0.2) is 4.98 Å². The first-order chi connectivity index (χ1) is 11.6. The van der Waals surface area contributed by atoms with Gasteiger partial charge in [-0.15, -0.1) is 11.3 Å². The first kappa shape index (κ1) is 17.9. The number of aromatic nitrogens is 1. The van der Waals surface area contributed by atoms with Crippen molar-refractivity contribution in [3.05, 3.63) is 35.3 Å². The number of rotatable bonds is 8. The van der Waals surface area contributed by atoms with Crippen LogP contribution in [-0.4, -0.2) is 36.5 Å². The molecule has 0 aliphatic carbocycles. The number of carbonyl (C=O) groups excluding carboxylic acids is 2. The SMILES string of the molecule is CCCNC(=O)CNC(=O)COc1ccc(-c2nc(C)cs2)cc1. The third kappa shape index (κ3) is 5.66. The van der Waals surface area contributed by atoms with Crippen molar-refractivity contribution in [3.8, 4) is 16.3 Å². The number of nitrogens with one attached hydrogen (secondary N) is 2. The molecular formula is C17H21N3O3S. The molecule has 1 aromatic carbocycles. The third-order valence-electron chi connectivity index (χ3n) is 3.11. The average Bonchev–Trinajstić information content (AvgIpc) is 3.03. The molecule has 2 rings (SSSR count). The van der Waals surface area contributed by atoms with Crippen LogP contribution in [0.1, 0.15) is 19.0 Å². The van der Waals surface area contributed by atoms with E-state index in [-0.39, 0.29) is 25.0 Å². The van der Waals surface area contributed by atoms with Crippen LogP contribution >= 0.6 is 11.3 Å². The Hall–Kier alpha value is -2.41. The van der Waals surface area contributed by atoms with Crippen LogP contribution in [-0.2, 0) is 9.59 Å². The molecule has 0 saturated carbocycles. The minimum Gasteiger partial charge on any atom is -0.484 e. The lowest BCUT2D eigenvalue weighted by atomic mass is 10.2. The Kier molecular flexibility index (Phi) is 6.74. The Morgan fingerprint density at radius 2 is 1.92 bits per heavy atom. The Labute approximate surface area is 145 Å². The van der Waals surface area contributed by atoms with Crippen molar-refractivity contribution in [2.45, 2.75) is 20.3 Å². The molecule has 2 amide bonds. The fourth-order valence-electron chi connectivity index (χ4n) is 1.89. The molecule has 0 bridgehead atoms. The number of amides is 2. The van der Waals surface area contributed by atoms with Crippen LogP contribution in [0.3, 0.4) is 0 Å². The van der Waals surface area contributed by atoms with Crippen LogP contribution in [0.5, 0.6) is 5.75 Å². The summed E-state index contributed by atoms with van der Waals surface area (Å²) in [6.07, 6.45) is 0.860. The van der Waals surface area contributed by atoms with E-state index in [1.165, 1.54) is 0 Å². The fraction of sp³-hybridized carbons (Fsp3) is 0.353. The summed E-state index contributed by atoms with van der Waals surface area (Å²) in [5.74, 6) is 0.0622. The standard InChI is InChI=1S/C17H21N3O3S/c1-3-8-18-15(21)9-19-16(22)10-23-14-6-4-13(5-7-14)17-20-12(2)11-24-17/h4-7,11H,3,8-10H2,1-2H3,(H,18,21)(H,19,22). The van der Waals surface area contributed by atoms with Gasteiger partial charge in [0.05, 0.1) is 6.54 Å². The van der Waals surface area contributed by atoms with E-state index in [9.17, 15) is 9.59 Å². The number of carbonyl (C=O) groups is 2. The summed E-state index contributed by atoms with van der Waals surface area (Å²) in [4.78, 5) is 27.5. The van der Waals surface area contributed by atoms with Gasteiger partial charge in [-0.1, -0.05) is 6.92 Å². The molecule has 0 atom stereocenters. The zero-order valence-corrected chi connectivity index (χ0v) is 14.6. The number of aryl methyl sites for hydroxylation is 1. The lowest BCUT2D eigenvalue weighted by Crippen LogP contribution is -2.39. The molecule has 128 valence electrons. The second-order valence-corrected chi connectivity index (χ2v) is 6.09. The monoisotopic (exact) mass is 347 g/mol. The van der Waals surface area contributed by atoms with Crippen molar-refractivity contribution in [2.24, 2.45) is 0 Å². The summed E-state index contributed by atoms with van der Waals surface area (Å²) < 4.78 is 5.42. The topological polar surface area (TPSA) is 80.3 Å². The largest absolute Gasteiger partial charge is 0.484 e. The van der Waals surface area contributed by atoms with Gasteiger partial charge in [-0.3, -0.25) is 9.59 Å². The molecule has 0 spiro atoms. The van der Waals surface area contributed by atoms with E-state index in [0.29, 0.717) is 12.3 Å². The lowest BCUT2D eigenvalue weighted by Gasteiger charge is -2.08. The van der Waals surface area contributed by atoms with Crippen molar-refractivity contribution in [1.82, 2.24) is 15.6 Å². The van der Waals surface area contributed by atoms with Gasteiger partial charge in [0.1, 0.15) is 10.8 Å². The van der Waals surface area contributed by atoms with Crippen LogP contribution < -0.4 is 15.4 Å². The number of benzene rings is 1. The van der Waals surface area contributed by atoms with Crippen LogP contribution in [0, 0.1) is 6.92 Å². The van der Waals surface area contributed by atoms with Crippen LogP contribution in [0.15, 0.2) is 29.6 Å². The highest BCUT2D eigenvalue weighted by Gasteiger charge is 2.07. The van der Waals surface area contributed by atoms with Crippen LogP contribution in [0.25, 0.3) is 10.6 Å². The van der Waals surface area contributed by atoms with Crippen molar-refractivity contribution in [3.63, 3.8) is 0 Å². The van der Waals surface area contributed by atoms with Crippen LogP contribution in [0.2, 0.25) is 0 Å². The molecule has 0 radical (unpaired) electrons. The zero-order valence-electron chi connectivity index (χ0n) is 13.8. The normalized spacial score (nSPS) is 10.2. The fourth-order valence-corrected chi connectivity index (χ4v) is 2.69. The number of ether oxygens (including phenoxy) is 1. The van der Waals surface area contributed by atoms with Crippen molar-refractivity contribution in [1.29, 1.82) is 0 Å². The molecule has 0 aliphatic heterocycles. The molecule has 0 aliphatic rings. The number of hydrogen-bond donors (Lipinski definition) is 2. The first-order valence-corrected chi connectivity index (χ1v) is 8.65. The highest BCUT2D eigenvalue weighted by Crippen LogP contribution is 2.25. The lowest BCUT2D eigenvalue weighted by molar-refractivity contribution is -0.127. The molecule has 24 heavy (non-hydrogen) atoms. The van der Waals surface area contributed by atoms with E-state index >= 15 is 0 Å². The maximum Gasteiger partial charge on any atom is 0.258 e. The summed E-state index contributed by atoms with van der Waals surface area (Å²) in [5.41, 5.74) is 2.01. The molecule has 0 fully saturated rings. The second-order valence-electron chi connectivity index (χ2n) is 5.23. The maximum absolute atomic E-state index is 11.7. The van der Waals surface area contributed by atoms with Crippen molar-refractivity contribution >= 4 is 23.2 Å². The van der Waals surface area contributed by atoms with Crippen molar-refractivity contribution in [2.75, 3.05) is 19.7 Å². The van der Waals surface area contributed by atoms with Gasteiger partial charge < -0.3 is 15.4 Å². The number of nitrogens with zero attached hydrogens (tertiary/aromatic N) is 1. The Balaban J connectivity index is 1.76. The molecule has 7 heteroatoms. The molecule has 2 aromatic rings. The molecule has 1 heterocycles. The van der Waals surface area contributed by atoms with Gasteiger partial charge in [-0.05, 0) is 37.6 Å². The van der Waals surface area contributed by atoms with E-state index in [0.717, 1.165) is 22.7 Å². The second kappa shape index (κ2) is 9.02. The summed E-state index contributed by atoms with van der Waals surface area (Å²) >= 11 is 1.59. The number of thiazole rings is 1. The Bertz CT molecular complexity index is 683. The predicted molar refractivity (Wildman–Crippen MR) is 94.1 cm³/mol. The molecule has 6 nitrogen and oxygen atoms in total. The molecule has 1 aromatic heterocycles. The van der Waals surface area contributed by atoms with E-state index < -0.39 is 0 Å². The minimum absolute atomic E-state index is 0.0372. The molecule has 2 N–H and O–H groups in total. The van der Waals surface area contributed by atoms with Gasteiger partial charge in [0, 0.05) is 23.2 Å². The first-order valence-electron chi connectivity index (χ1n) is 7.77. The molecule has 0 saturated heterocycles. The summed E-state index contributed by atoms with van der Waals surface area (Å²) in [5, 5.41) is 8.16. The number of hydrogen-bond acceptors (Lipinski definition) is 5. The smallest absolute Gasteiger partial charge is 0.258 e. The maximum atomic E-state index is 11.7. The van der Waals surface area contributed by atoms with E-state index in [1.807, 2.05) is 31.4 Å². The summed E-state index contributed by atoms with van der Waals surface area (Å²) in [7, 11) is 0. The summed E-state index contributed by atoms with van der Waals surface area (Å²) in [6.45, 7) is 4.36. The van der Waals surface area contributed by atoms with Gasteiger partial charge in [-0.2, -0.15) is 0 Å². The highest BCUT2D eigenvalue weighted by molar-refractivity contribution is 7.13. The third-order valence-corrected chi connectivity index (χ3v) is 4.12. The minimum atomic E-state index is -0.332. The summed E-state index contributed by atoms with van der Waals surface area (Å²) in [6, 6.07) is 7.41. The predicted octanol–water partition coefficient (Wildman–Crippen LogP) is 2.14. The highest BCUT2D eigenvalue weighted by atomic mass is 32.1. The zero-order chi connectivity index (χ0) is 17.4. The van der Waals surface area contributed by atoms with Crippen molar-refractivity contribution < 1.29 is 14.3 Å². The van der Waals surface area contributed by atoms with E-state index in [1.54, 1.807) is 23.5 Å². The van der Waals surface area contributed by atoms with Gasteiger partial charge >= 0.3 is 0 Å². The van der Waals surface area contributed by atoms with E-state index in [4.69, 9.17) is 4.74 Å². The Morgan fingerprint density at radius 3 is 2.54 bits per heavy atom. The van der Waals surface area contributed by atoms with Gasteiger partial charge in [0.25, 0.3) is 5.91 Å². The average molecular weight is 347 g/mol. The van der Waals surface area contributed by atoms with E-state index in [2.05, 4.69) is 15.6 Å². The quantitative estimate of drug-likeness (QED) is 0.767. The molecule has 0 unspecified atom stereocenters. The van der Waals surface area contributed by atoms with Gasteiger partial charge in [0.2, 0.25) is 5.91 Å². The van der Waals surface area contributed by atoms with Gasteiger partial charge in [0.15, 0.2) is 6.61 Å². The molecular weight excluding hydrogens is 326 g/mol.